The van der Waals surface area contributed by atoms with E-state index in [2.05, 4.69) is 65.2 Å². The first kappa shape index (κ1) is 16.3. The molecule has 1 heterocycles. The van der Waals surface area contributed by atoms with Crippen molar-refractivity contribution in [1.82, 2.24) is 9.80 Å². The van der Waals surface area contributed by atoms with Crippen LogP contribution in [0.3, 0.4) is 0 Å². The van der Waals surface area contributed by atoms with Crippen molar-refractivity contribution in [3.8, 4) is 0 Å². The Morgan fingerprint density at radius 2 is 1.16 bits per heavy atom. The molecular weight excluding hydrogens is 234 g/mol. The van der Waals surface area contributed by atoms with E-state index in [0.29, 0.717) is 18.0 Å². The largest absolute Gasteiger partial charge is 0.340 e. The minimum absolute atomic E-state index is 0.253. The zero-order valence-electron chi connectivity index (χ0n) is 14.2. The van der Waals surface area contributed by atoms with Crippen LogP contribution in [0.5, 0.6) is 0 Å². The molecule has 0 spiro atoms. The van der Waals surface area contributed by atoms with Gasteiger partial charge >= 0.3 is 0 Å². The van der Waals surface area contributed by atoms with Gasteiger partial charge in [0.2, 0.25) is 0 Å². The minimum atomic E-state index is 0.253. The predicted octanol–water partition coefficient (Wildman–Crippen LogP) is 3.80. The highest BCUT2D eigenvalue weighted by Gasteiger charge is 2.38. The molecule has 1 aliphatic rings. The summed E-state index contributed by atoms with van der Waals surface area (Å²) in [6, 6.07) is 0.767. The quantitative estimate of drug-likeness (QED) is 0.825. The molecule has 0 aromatic rings. The smallest absolute Gasteiger partial charge is 0.194 e. The summed E-state index contributed by atoms with van der Waals surface area (Å²) in [7, 11) is 0. The van der Waals surface area contributed by atoms with Crippen LogP contribution in [0, 0.1) is 16.2 Å². The monoisotopic (exact) mass is 267 g/mol. The molecule has 1 aliphatic heterocycles. The fourth-order valence-corrected chi connectivity index (χ4v) is 3.50. The van der Waals surface area contributed by atoms with Gasteiger partial charge < -0.3 is 9.80 Å². The molecular formula is C16H33N3. The summed E-state index contributed by atoms with van der Waals surface area (Å²) in [4.78, 5) is 4.52. The third-order valence-electron chi connectivity index (χ3n) is 3.94. The molecule has 0 aliphatic carbocycles. The molecule has 1 fully saturated rings. The second-order valence-electron chi connectivity index (χ2n) is 8.27. The summed E-state index contributed by atoms with van der Waals surface area (Å²) in [6.07, 6.45) is 1.19. The van der Waals surface area contributed by atoms with Crippen LogP contribution in [-0.4, -0.2) is 40.9 Å². The molecule has 0 unspecified atom stereocenters. The van der Waals surface area contributed by atoms with Crippen molar-refractivity contribution in [3.63, 3.8) is 0 Å². The van der Waals surface area contributed by atoms with E-state index in [0.717, 1.165) is 13.1 Å². The maximum Gasteiger partial charge on any atom is 0.194 e. The highest BCUT2D eigenvalue weighted by molar-refractivity contribution is 5.77. The average molecular weight is 267 g/mol. The number of hydrogen-bond acceptors (Lipinski definition) is 1. The summed E-state index contributed by atoms with van der Waals surface area (Å²) < 4.78 is 0. The molecule has 1 rings (SSSR count). The average Bonchev–Trinajstić information content (AvgIpc) is 2.18. The third kappa shape index (κ3) is 4.12. The van der Waals surface area contributed by atoms with Crippen molar-refractivity contribution in [3.05, 3.63) is 0 Å². The Hall–Kier alpha value is -0.730. The van der Waals surface area contributed by atoms with Gasteiger partial charge in [0.05, 0.1) is 0 Å². The Balaban J connectivity index is 3.11. The lowest BCUT2D eigenvalue weighted by Crippen LogP contribution is -2.57. The molecule has 0 bridgehead atoms. The summed E-state index contributed by atoms with van der Waals surface area (Å²) in [5, 5.41) is 8.61. The Morgan fingerprint density at radius 3 is 1.42 bits per heavy atom. The number of rotatable bonds is 2. The molecule has 1 saturated heterocycles. The molecule has 3 nitrogen and oxygen atoms in total. The van der Waals surface area contributed by atoms with Gasteiger partial charge in [0.25, 0.3) is 0 Å². The third-order valence-corrected chi connectivity index (χ3v) is 3.94. The Morgan fingerprint density at radius 1 is 0.842 bits per heavy atom. The van der Waals surface area contributed by atoms with Gasteiger partial charge in [0.15, 0.2) is 5.96 Å². The minimum Gasteiger partial charge on any atom is -0.340 e. The van der Waals surface area contributed by atoms with Crippen molar-refractivity contribution in [2.75, 3.05) is 13.1 Å². The van der Waals surface area contributed by atoms with Crippen molar-refractivity contribution in [2.45, 2.75) is 73.9 Å². The number of nitrogens with one attached hydrogen (secondary N) is 1. The van der Waals surface area contributed by atoms with E-state index in [1.165, 1.54) is 6.42 Å². The van der Waals surface area contributed by atoms with Crippen LogP contribution in [0.15, 0.2) is 0 Å². The second-order valence-corrected chi connectivity index (χ2v) is 8.27. The van der Waals surface area contributed by atoms with Crippen LogP contribution >= 0.6 is 0 Å². The van der Waals surface area contributed by atoms with Gasteiger partial charge in [-0.2, -0.15) is 0 Å². The molecule has 0 saturated carbocycles. The van der Waals surface area contributed by atoms with Crippen LogP contribution in [-0.2, 0) is 0 Å². The molecule has 1 N–H and O–H groups in total. The predicted molar refractivity (Wildman–Crippen MR) is 83.6 cm³/mol. The fraction of sp³-hybridized carbons (Fsp3) is 0.938. The summed E-state index contributed by atoms with van der Waals surface area (Å²) in [5.41, 5.74) is 0.506. The lowest BCUT2D eigenvalue weighted by Gasteiger charge is -2.49. The molecule has 3 heteroatoms. The van der Waals surface area contributed by atoms with E-state index >= 15 is 0 Å². The van der Waals surface area contributed by atoms with Gasteiger partial charge in [-0.05, 0) is 44.9 Å². The zero-order valence-corrected chi connectivity index (χ0v) is 14.2. The zero-order chi connectivity index (χ0) is 15.0. The summed E-state index contributed by atoms with van der Waals surface area (Å²) >= 11 is 0. The lowest BCUT2D eigenvalue weighted by atomic mass is 9.73. The second kappa shape index (κ2) is 5.34. The van der Waals surface area contributed by atoms with Crippen molar-refractivity contribution in [1.29, 1.82) is 5.41 Å². The van der Waals surface area contributed by atoms with E-state index in [1.807, 2.05) is 0 Å². The number of nitrogens with zero attached hydrogens (tertiary/aromatic N) is 2. The van der Waals surface area contributed by atoms with Crippen molar-refractivity contribution < 1.29 is 0 Å². The molecule has 0 amide bonds. The normalized spacial score (nSPS) is 23.8. The first-order valence-corrected chi connectivity index (χ1v) is 7.57. The van der Waals surface area contributed by atoms with Gasteiger partial charge in [-0.25, -0.2) is 0 Å². The molecule has 0 atom stereocenters. The summed E-state index contributed by atoms with van der Waals surface area (Å²) in [5.74, 6) is 0.700. The number of guanidine groups is 1. The molecule has 19 heavy (non-hydrogen) atoms. The van der Waals surface area contributed by atoms with Crippen LogP contribution in [0.2, 0.25) is 0 Å². The van der Waals surface area contributed by atoms with Crippen molar-refractivity contribution in [2.24, 2.45) is 10.8 Å². The molecule has 0 radical (unpaired) electrons. The fourth-order valence-electron chi connectivity index (χ4n) is 3.50. The molecule has 0 aromatic carbocycles. The van der Waals surface area contributed by atoms with Gasteiger partial charge in [-0.1, -0.05) is 27.7 Å². The Labute approximate surface area is 119 Å². The van der Waals surface area contributed by atoms with Crippen LogP contribution < -0.4 is 0 Å². The van der Waals surface area contributed by atoms with Crippen LogP contribution in [0.4, 0.5) is 0 Å². The highest BCUT2D eigenvalue weighted by Crippen LogP contribution is 2.38. The number of hydrogen-bond donors (Lipinski definition) is 1. The maximum absolute atomic E-state index is 8.61. The SMILES string of the molecule is CC(C)N1CC(C)(C)CC(C)(C)CN(C(C)C)C1=N. The summed E-state index contributed by atoms with van der Waals surface area (Å²) in [6.45, 7) is 20.0. The van der Waals surface area contributed by atoms with Gasteiger partial charge in [-0.3, -0.25) is 5.41 Å². The van der Waals surface area contributed by atoms with Crippen LogP contribution in [0.1, 0.15) is 61.8 Å². The van der Waals surface area contributed by atoms with Crippen LogP contribution in [0.25, 0.3) is 0 Å². The van der Waals surface area contributed by atoms with E-state index in [-0.39, 0.29) is 10.8 Å². The van der Waals surface area contributed by atoms with Gasteiger partial charge in [-0.15, -0.1) is 0 Å². The van der Waals surface area contributed by atoms with E-state index in [1.54, 1.807) is 0 Å². The van der Waals surface area contributed by atoms with E-state index in [4.69, 9.17) is 5.41 Å². The lowest BCUT2D eigenvalue weighted by molar-refractivity contribution is 0.0763. The van der Waals surface area contributed by atoms with E-state index in [9.17, 15) is 0 Å². The molecule has 0 aromatic heterocycles. The first-order chi connectivity index (χ1) is 8.45. The van der Waals surface area contributed by atoms with Crippen molar-refractivity contribution >= 4 is 5.96 Å². The van der Waals surface area contributed by atoms with Gasteiger partial charge in [0, 0.05) is 25.2 Å². The maximum atomic E-state index is 8.61. The standard InChI is InChI=1S/C16H33N3/c1-12(2)18-10-15(5,6)9-16(7,8)11-19(13(3)4)14(18)17/h12-13,17H,9-11H2,1-8H3. The van der Waals surface area contributed by atoms with E-state index < -0.39 is 0 Å². The molecule has 112 valence electrons. The Kier molecular flexibility index (Phi) is 4.58. The van der Waals surface area contributed by atoms with Gasteiger partial charge in [0.1, 0.15) is 0 Å². The Bertz CT molecular complexity index is 299. The highest BCUT2D eigenvalue weighted by atomic mass is 15.4. The topological polar surface area (TPSA) is 30.3 Å². The first-order valence-electron chi connectivity index (χ1n) is 7.57.